The lowest BCUT2D eigenvalue weighted by Gasteiger charge is -2.43. The number of carbonyl (C=O) groups is 1. The fraction of sp³-hybridized carbons (Fsp3) is 0.222. The molecule has 4 aromatic rings. The summed E-state index contributed by atoms with van der Waals surface area (Å²) in [6, 6.07) is 13.5. The summed E-state index contributed by atoms with van der Waals surface area (Å²) in [6.07, 6.45) is 0.585. The van der Waals surface area contributed by atoms with Crippen LogP contribution in [0.3, 0.4) is 0 Å². The predicted molar refractivity (Wildman–Crippen MR) is 133 cm³/mol. The third-order valence-electron chi connectivity index (χ3n) is 6.59. The molecule has 0 bridgehead atoms. The number of fused-ring (bicyclic) bond motifs is 2. The first-order chi connectivity index (χ1) is 16.7. The Kier molecular flexibility index (Phi) is 5.48. The van der Waals surface area contributed by atoms with Gasteiger partial charge in [0.25, 0.3) is 0 Å². The van der Waals surface area contributed by atoms with Crippen molar-refractivity contribution >= 4 is 28.3 Å². The average molecular weight is 477 g/mol. The van der Waals surface area contributed by atoms with Gasteiger partial charge in [-0.05, 0) is 44.5 Å². The molecule has 2 atom stereocenters. The van der Waals surface area contributed by atoms with E-state index in [1.165, 1.54) is 6.07 Å². The second kappa shape index (κ2) is 8.39. The van der Waals surface area contributed by atoms with Crippen molar-refractivity contribution in [2.45, 2.75) is 38.5 Å². The van der Waals surface area contributed by atoms with Gasteiger partial charge in [-0.3, -0.25) is 0 Å². The Bertz CT molecular complexity index is 1430. The van der Waals surface area contributed by atoms with E-state index in [2.05, 4.69) is 20.9 Å². The molecule has 0 spiro atoms. The number of carbonyl (C=O) groups excluding carboxylic acids is 1. The fourth-order valence-electron chi connectivity index (χ4n) is 4.77. The van der Waals surface area contributed by atoms with E-state index in [0.717, 1.165) is 10.9 Å². The number of aliphatic hydroxyl groups excluding tert-OH is 1. The molecule has 6 nitrogen and oxygen atoms in total. The van der Waals surface area contributed by atoms with Gasteiger partial charge in [-0.15, -0.1) is 0 Å². The van der Waals surface area contributed by atoms with Crippen LogP contribution in [0.5, 0.6) is 0 Å². The molecule has 0 saturated heterocycles. The molecule has 8 heteroatoms. The molecular formula is C27H26F2N4O2. The molecule has 3 aromatic carbocycles. The first kappa shape index (κ1) is 22.9. The van der Waals surface area contributed by atoms with Gasteiger partial charge in [0.15, 0.2) is 0 Å². The molecule has 1 aliphatic rings. The number of aliphatic hydroxyl groups is 1. The van der Waals surface area contributed by atoms with E-state index >= 15 is 8.78 Å². The highest BCUT2D eigenvalue weighted by molar-refractivity contribution is 5.97. The molecule has 0 radical (unpaired) electrons. The maximum Gasteiger partial charge on any atom is 0.319 e. The van der Waals surface area contributed by atoms with Gasteiger partial charge in [0.05, 0.1) is 22.7 Å². The van der Waals surface area contributed by atoms with Crippen molar-refractivity contribution in [1.82, 2.24) is 10.3 Å². The number of aryl methyl sites for hydroxylation is 1. The molecule has 0 aliphatic carbocycles. The minimum Gasteiger partial charge on any atom is -0.388 e. The average Bonchev–Trinajstić information content (AvgIpc) is 3.19. The van der Waals surface area contributed by atoms with E-state index in [9.17, 15) is 9.90 Å². The fourth-order valence-corrected chi connectivity index (χ4v) is 4.77. The van der Waals surface area contributed by atoms with Crippen molar-refractivity contribution in [3.05, 3.63) is 83.6 Å². The zero-order chi connectivity index (χ0) is 24.9. The summed E-state index contributed by atoms with van der Waals surface area (Å²) < 4.78 is 31.6. The summed E-state index contributed by atoms with van der Waals surface area (Å²) >= 11 is 0. The number of urea groups is 1. The Morgan fingerprint density at radius 1 is 1.09 bits per heavy atom. The molecule has 0 fully saturated rings. The van der Waals surface area contributed by atoms with Crippen LogP contribution >= 0.6 is 0 Å². The topological polar surface area (TPSA) is 89.2 Å². The monoisotopic (exact) mass is 476 g/mol. The van der Waals surface area contributed by atoms with Crippen LogP contribution in [-0.2, 0) is 0 Å². The van der Waals surface area contributed by atoms with Crippen LogP contribution in [0, 0.1) is 18.6 Å². The minimum atomic E-state index is -1.20. The van der Waals surface area contributed by atoms with E-state index in [-0.39, 0.29) is 16.8 Å². The van der Waals surface area contributed by atoms with Crippen molar-refractivity contribution in [2.75, 3.05) is 10.6 Å². The number of amides is 2. The highest BCUT2D eigenvalue weighted by atomic mass is 19.1. The van der Waals surface area contributed by atoms with Crippen LogP contribution < -0.4 is 16.0 Å². The van der Waals surface area contributed by atoms with Gasteiger partial charge in [0.1, 0.15) is 17.7 Å². The van der Waals surface area contributed by atoms with Gasteiger partial charge in [0.2, 0.25) is 0 Å². The number of rotatable bonds is 3. The number of nitrogens with one attached hydrogen (secondary N) is 4. The Morgan fingerprint density at radius 3 is 2.57 bits per heavy atom. The van der Waals surface area contributed by atoms with Crippen LogP contribution in [0.1, 0.15) is 31.0 Å². The van der Waals surface area contributed by atoms with Crippen molar-refractivity contribution in [3.8, 4) is 11.1 Å². The number of anilines is 2. The van der Waals surface area contributed by atoms with Gasteiger partial charge in [0, 0.05) is 34.1 Å². The second-order valence-electron chi connectivity index (χ2n) is 9.44. The molecule has 5 rings (SSSR count). The number of hydrogen-bond acceptors (Lipinski definition) is 3. The summed E-state index contributed by atoms with van der Waals surface area (Å²) in [4.78, 5) is 15.9. The van der Waals surface area contributed by atoms with E-state index in [1.807, 2.05) is 19.1 Å². The Hall–Kier alpha value is -3.91. The van der Waals surface area contributed by atoms with Gasteiger partial charge >= 0.3 is 6.03 Å². The van der Waals surface area contributed by atoms with Gasteiger partial charge in [-0.25, -0.2) is 13.6 Å². The third kappa shape index (κ3) is 3.89. The molecule has 2 amide bonds. The zero-order valence-electron chi connectivity index (χ0n) is 19.5. The second-order valence-corrected chi connectivity index (χ2v) is 9.44. The predicted octanol–water partition coefficient (Wildman–Crippen LogP) is 5.85. The van der Waals surface area contributed by atoms with Crippen LogP contribution in [0.25, 0.3) is 22.0 Å². The number of hydrogen-bond donors (Lipinski definition) is 5. The van der Waals surface area contributed by atoms with Crippen LogP contribution in [0.2, 0.25) is 0 Å². The number of benzene rings is 3. The number of para-hydroxylation sites is 2. The summed E-state index contributed by atoms with van der Waals surface area (Å²) in [7, 11) is 0. The van der Waals surface area contributed by atoms with Crippen LogP contribution in [0.4, 0.5) is 25.0 Å². The largest absolute Gasteiger partial charge is 0.388 e. The van der Waals surface area contributed by atoms with Crippen molar-refractivity contribution < 1.29 is 18.7 Å². The van der Waals surface area contributed by atoms with Gasteiger partial charge < -0.3 is 26.0 Å². The lowest BCUT2D eigenvalue weighted by molar-refractivity contribution is 0.0712. The van der Waals surface area contributed by atoms with Crippen LogP contribution in [0.15, 0.2) is 60.8 Å². The number of aromatic nitrogens is 1. The summed E-state index contributed by atoms with van der Waals surface area (Å²) in [5.41, 5.74) is 1.46. The summed E-state index contributed by atoms with van der Waals surface area (Å²) in [6.45, 7) is 5.32. The quantitative estimate of drug-likeness (QED) is 0.257. The molecule has 1 aromatic heterocycles. The maximum atomic E-state index is 16.2. The molecular weight excluding hydrogens is 450 g/mol. The third-order valence-corrected chi connectivity index (χ3v) is 6.59. The minimum absolute atomic E-state index is 0.00304. The molecule has 0 saturated carbocycles. The molecule has 2 heterocycles. The molecule has 5 N–H and O–H groups in total. The van der Waals surface area contributed by atoms with E-state index in [4.69, 9.17) is 0 Å². The first-order valence-electron chi connectivity index (χ1n) is 11.3. The summed E-state index contributed by atoms with van der Waals surface area (Å²) in [5, 5.41) is 20.4. The highest BCUT2D eigenvalue weighted by Crippen LogP contribution is 2.44. The number of aromatic amines is 1. The summed E-state index contributed by atoms with van der Waals surface area (Å²) in [5.74, 6) is -1.58. The van der Waals surface area contributed by atoms with Crippen molar-refractivity contribution in [3.63, 3.8) is 0 Å². The SMILES string of the molecule is Cc1c[nH]c2c(-c3c(F)cc4c(c3F)[C@@H](NC(=O)Nc3ccccc3)[C@H](O)C(C)(C)N4)cccc12. The first-order valence-corrected chi connectivity index (χ1v) is 11.3. The van der Waals surface area contributed by atoms with E-state index < -0.39 is 35.4 Å². The number of halogens is 2. The zero-order valence-corrected chi connectivity index (χ0v) is 19.5. The Labute approximate surface area is 201 Å². The van der Waals surface area contributed by atoms with E-state index in [0.29, 0.717) is 16.8 Å². The smallest absolute Gasteiger partial charge is 0.319 e. The standard InChI is InChI=1S/C27H26F2N4O2/c1-14-13-30-23-16(14)10-7-11-17(23)20-18(28)12-19-21(22(20)29)24(25(34)27(2,3)33-19)32-26(35)31-15-8-5-4-6-9-15/h4-13,24-25,30,33-34H,1-3H3,(H2,31,32,35)/t24-,25+/m1/s1. The van der Waals surface area contributed by atoms with Gasteiger partial charge in [-0.1, -0.05) is 36.4 Å². The van der Waals surface area contributed by atoms with Gasteiger partial charge in [-0.2, -0.15) is 0 Å². The van der Waals surface area contributed by atoms with Crippen LogP contribution in [-0.4, -0.2) is 27.8 Å². The normalized spacial score (nSPS) is 18.6. The molecule has 180 valence electrons. The molecule has 35 heavy (non-hydrogen) atoms. The number of H-pyrrole nitrogens is 1. The molecule has 1 aliphatic heterocycles. The lowest BCUT2D eigenvalue weighted by Crippen LogP contribution is -2.55. The van der Waals surface area contributed by atoms with Crippen molar-refractivity contribution in [1.29, 1.82) is 0 Å². The lowest BCUT2D eigenvalue weighted by atomic mass is 9.81. The Morgan fingerprint density at radius 2 is 1.83 bits per heavy atom. The Balaban J connectivity index is 1.62. The molecule has 0 unspecified atom stereocenters. The maximum absolute atomic E-state index is 16.2. The highest BCUT2D eigenvalue weighted by Gasteiger charge is 2.44. The van der Waals surface area contributed by atoms with Crippen molar-refractivity contribution in [2.24, 2.45) is 0 Å². The van der Waals surface area contributed by atoms with E-state index in [1.54, 1.807) is 56.4 Å².